The molecule has 0 aromatic carbocycles. The molecule has 1 rings (SSSR count). The first-order valence-electron chi connectivity index (χ1n) is 7.40. The summed E-state index contributed by atoms with van der Waals surface area (Å²) < 4.78 is 10.6. The van der Waals surface area contributed by atoms with E-state index in [4.69, 9.17) is 9.26 Å². The Morgan fingerprint density at radius 1 is 1.35 bits per heavy atom. The third-order valence-corrected chi connectivity index (χ3v) is 2.91. The molecule has 0 fully saturated rings. The van der Waals surface area contributed by atoms with E-state index in [-0.39, 0.29) is 0 Å². The maximum absolute atomic E-state index is 5.42. The maximum atomic E-state index is 5.42. The van der Waals surface area contributed by atoms with E-state index in [0.29, 0.717) is 12.0 Å². The number of nitrogens with one attached hydrogen (secondary N) is 1. The van der Waals surface area contributed by atoms with Gasteiger partial charge in [0.05, 0.1) is 18.8 Å². The molecule has 1 aromatic heterocycles. The van der Waals surface area contributed by atoms with Crippen LogP contribution in [0.1, 0.15) is 39.1 Å². The fourth-order valence-corrected chi connectivity index (χ4v) is 2.01. The summed E-state index contributed by atoms with van der Waals surface area (Å²) in [6, 6.07) is 2.49. The van der Waals surface area contributed by atoms with Gasteiger partial charge in [-0.2, -0.15) is 0 Å². The van der Waals surface area contributed by atoms with Crippen LogP contribution in [0.5, 0.6) is 0 Å². The van der Waals surface area contributed by atoms with E-state index in [1.165, 1.54) is 0 Å². The van der Waals surface area contributed by atoms with Crippen molar-refractivity contribution in [2.45, 2.75) is 46.8 Å². The van der Waals surface area contributed by atoms with Gasteiger partial charge < -0.3 is 14.6 Å². The van der Waals surface area contributed by atoms with Crippen LogP contribution in [0.2, 0.25) is 0 Å². The smallest absolute Gasteiger partial charge is 0.151 e. The van der Waals surface area contributed by atoms with E-state index in [0.717, 1.165) is 44.2 Å². The molecule has 0 atom stereocenters. The van der Waals surface area contributed by atoms with Crippen LogP contribution in [0.4, 0.5) is 0 Å². The standard InChI is InChI=1S/C15H29N3O2/c1-12(2)10-18(6-7-19-5)11-15-8-14(17-20-15)9-16-13(3)4/h8,12-13,16H,6-7,9-11H2,1-5H3. The molecule has 116 valence electrons. The summed E-state index contributed by atoms with van der Waals surface area (Å²) >= 11 is 0. The normalized spacial score (nSPS) is 12.0. The third-order valence-electron chi connectivity index (χ3n) is 2.91. The Morgan fingerprint density at radius 3 is 2.70 bits per heavy atom. The monoisotopic (exact) mass is 283 g/mol. The highest BCUT2D eigenvalue weighted by atomic mass is 16.5. The predicted molar refractivity (Wildman–Crippen MR) is 80.5 cm³/mol. The van der Waals surface area contributed by atoms with Gasteiger partial charge in [-0.3, -0.25) is 4.90 Å². The number of methoxy groups -OCH3 is 1. The summed E-state index contributed by atoms with van der Waals surface area (Å²) in [6.07, 6.45) is 0. The van der Waals surface area contributed by atoms with Crippen molar-refractivity contribution in [1.82, 2.24) is 15.4 Å². The van der Waals surface area contributed by atoms with Gasteiger partial charge in [0.2, 0.25) is 0 Å². The molecule has 0 bridgehead atoms. The lowest BCUT2D eigenvalue weighted by Crippen LogP contribution is -2.30. The van der Waals surface area contributed by atoms with Gasteiger partial charge in [-0.25, -0.2) is 0 Å². The summed E-state index contributed by atoms with van der Waals surface area (Å²) in [5.41, 5.74) is 0.963. The van der Waals surface area contributed by atoms with E-state index in [2.05, 4.69) is 43.1 Å². The highest BCUT2D eigenvalue weighted by molar-refractivity contribution is 5.05. The molecule has 0 saturated carbocycles. The molecule has 0 aliphatic rings. The van der Waals surface area contributed by atoms with Crippen molar-refractivity contribution in [3.05, 3.63) is 17.5 Å². The summed E-state index contributed by atoms with van der Waals surface area (Å²) in [4.78, 5) is 2.34. The van der Waals surface area contributed by atoms with Crippen molar-refractivity contribution in [3.8, 4) is 0 Å². The van der Waals surface area contributed by atoms with Crippen molar-refractivity contribution in [3.63, 3.8) is 0 Å². The van der Waals surface area contributed by atoms with Gasteiger partial charge in [-0.05, 0) is 5.92 Å². The second-order valence-corrected chi connectivity index (χ2v) is 5.94. The van der Waals surface area contributed by atoms with Crippen LogP contribution in [0.25, 0.3) is 0 Å². The summed E-state index contributed by atoms with van der Waals surface area (Å²) in [5, 5.41) is 7.44. The first-order chi connectivity index (χ1) is 9.51. The molecule has 1 heterocycles. The van der Waals surface area contributed by atoms with Gasteiger partial charge in [-0.1, -0.05) is 32.9 Å². The van der Waals surface area contributed by atoms with Gasteiger partial charge in [0.15, 0.2) is 5.76 Å². The number of ether oxygens (including phenoxy) is 1. The van der Waals surface area contributed by atoms with Crippen LogP contribution in [-0.4, -0.2) is 42.9 Å². The van der Waals surface area contributed by atoms with Gasteiger partial charge in [-0.15, -0.1) is 0 Å². The summed E-state index contributed by atoms with van der Waals surface area (Å²) in [5.74, 6) is 1.54. The largest absolute Gasteiger partial charge is 0.383 e. The van der Waals surface area contributed by atoms with E-state index >= 15 is 0 Å². The van der Waals surface area contributed by atoms with Gasteiger partial charge in [0.1, 0.15) is 0 Å². The lowest BCUT2D eigenvalue weighted by atomic mass is 10.2. The molecule has 1 aromatic rings. The zero-order chi connectivity index (χ0) is 15.0. The molecule has 5 nitrogen and oxygen atoms in total. The third kappa shape index (κ3) is 7.03. The second-order valence-electron chi connectivity index (χ2n) is 5.94. The van der Waals surface area contributed by atoms with E-state index in [1.807, 2.05) is 6.07 Å². The van der Waals surface area contributed by atoms with Gasteiger partial charge >= 0.3 is 0 Å². The lowest BCUT2D eigenvalue weighted by molar-refractivity contribution is 0.129. The lowest BCUT2D eigenvalue weighted by Gasteiger charge is -2.22. The molecule has 1 N–H and O–H groups in total. The van der Waals surface area contributed by atoms with Crippen LogP contribution in [0.15, 0.2) is 10.6 Å². The highest BCUT2D eigenvalue weighted by Crippen LogP contribution is 2.09. The van der Waals surface area contributed by atoms with Crippen LogP contribution in [-0.2, 0) is 17.8 Å². The maximum Gasteiger partial charge on any atom is 0.151 e. The molecule has 0 aliphatic heterocycles. The van der Waals surface area contributed by atoms with Gasteiger partial charge in [0, 0.05) is 38.9 Å². The summed E-state index contributed by atoms with van der Waals surface area (Å²) in [6.45, 7) is 12.9. The van der Waals surface area contributed by atoms with Crippen LogP contribution >= 0.6 is 0 Å². The molecule has 0 unspecified atom stereocenters. The van der Waals surface area contributed by atoms with Crippen LogP contribution < -0.4 is 5.32 Å². The molecule has 20 heavy (non-hydrogen) atoms. The Bertz CT molecular complexity index is 364. The molecule has 0 radical (unpaired) electrons. The molecular weight excluding hydrogens is 254 g/mol. The summed E-state index contributed by atoms with van der Waals surface area (Å²) in [7, 11) is 1.73. The average molecular weight is 283 g/mol. The first-order valence-corrected chi connectivity index (χ1v) is 7.40. The molecule has 0 spiro atoms. The van der Waals surface area contributed by atoms with Crippen molar-refractivity contribution in [2.75, 3.05) is 26.8 Å². The number of hydrogen-bond donors (Lipinski definition) is 1. The fraction of sp³-hybridized carbons (Fsp3) is 0.800. The number of rotatable bonds is 10. The van der Waals surface area contributed by atoms with Crippen molar-refractivity contribution < 1.29 is 9.26 Å². The zero-order valence-corrected chi connectivity index (χ0v) is 13.5. The van der Waals surface area contributed by atoms with E-state index < -0.39 is 0 Å². The van der Waals surface area contributed by atoms with E-state index in [1.54, 1.807) is 7.11 Å². The Morgan fingerprint density at radius 2 is 2.10 bits per heavy atom. The van der Waals surface area contributed by atoms with Crippen molar-refractivity contribution >= 4 is 0 Å². The van der Waals surface area contributed by atoms with E-state index in [9.17, 15) is 0 Å². The predicted octanol–water partition coefficient (Wildman–Crippen LogP) is 2.28. The number of nitrogens with zero attached hydrogens (tertiary/aromatic N) is 2. The Labute approximate surface area is 122 Å². The molecule has 0 amide bonds. The second kappa shape index (κ2) is 9.10. The van der Waals surface area contributed by atoms with Crippen LogP contribution in [0.3, 0.4) is 0 Å². The molecule has 0 aliphatic carbocycles. The fourth-order valence-electron chi connectivity index (χ4n) is 2.01. The number of aromatic nitrogens is 1. The number of hydrogen-bond acceptors (Lipinski definition) is 5. The Kier molecular flexibility index (Phi) is 7.80. The Hall–Kier alpha value is -0.910. The minimum Gasteiger partial charge on any atom is -0.383 e. The molecule has 5 heteroatoms. The molecule has 0 saturated heterocycles. The van der Waals surface area contributed by atoms with Crippen LogP contribution in [0, 0.1) is 5.92 Å². The van der Waals surface area contributed by atoms with Crippen molar-refractivity contribution in [2.24, 2.45) is 5.92 Å². The Balaban J connectivity index is 2.50. The molecular formula is C15H29N3O2. The minimum absolute atomic E-state index is 0.453. The average Bonchev–Trinajstić information content (AvgIpc) is 2.80. The van der Waals surface area contributed by atoms with Crippen molar-refractivity contribution in [1.29, 1.82) is 0 Å². The zero-order valence-electron chi connectivity index (χ0n) is 13.5. The topological polar surface area (TPSA) is 50.5 Å². The SMILES string of the molecule is COCCN(Cc1cc(CNC(C)C)no1)CC(C)C. The minimum atomic E-state index is 0.453. The van der Waals surface area contributed by atoms with Gasteiger partial charge in [0.25, 0.3) is 0 Å². The highest BCUT2D eigenvalue weighted by Gasteiger charge is 2.12. The first kappa shape index (κ1) is 17.1. The quantitative estimate of drug-likeness (QED) is 0.714.